The SMILES string of the molecule is COc1ccc(C(=O)Nc2cc(F)ccc2N(C)C(C)=O)cc1. The van der Waals surface area contributed by atoms with E-state index in [0.717, 1.165) is 0 Å². The number of nitrogens with zero attached hydrogens (tertiary/aromatic N) is 1. The fourth-order valence-electron chi connectivity index (χ4n) is 2.01. The topological polar surface area (TPSA) is 58.6 Å². The van der Waals surface area contributed by atoms with Gasteiger partial charge >= 0.3 is 0 Å². The molecule has 0 saturated carbocycles. The molecule has 2 rings (SSSR count). The van der Waals surface area contributed by atoms with Gasteiger partial charge in [0.05, 0.1) is 18.5 Å². The predicted molar refractivity (Wildman–Crippen MR) is 86.4 cm³/mol. The van der Waals surface area contributed by atoms with Gasteiger partial charge in [-0.1, -0.05) is 0 Å². The molecule has 2 aromatic rings. The molecular formula is C17H17FN2O3. The number of methoxy groups -OCH3 is 1. The van der Waals surface area contributed by atoms with Crippen LogP contribution < -0.4 is 15.0 Å². The van der Waals surface area contributed by atoms with Crippen molar-refractivity contribution < 1.29 is 18.7 Å². The van der Waals surface area contributed by atoms with Crippen LogP contribution in [0.5, 0.6) is 5.75 Å². The van der Waals surface area contributed by atoms with Crippen LogP contribution in [0.3, 0.4) is 0 Å². The normalized spacial score (nSPS) is 10.1. The molecule has 2 amide bonds. The summed E-state index contributed by atoms with van der Waals surface area (Å²) < 4.78 is 18.5. The molecule has 0 unspecified atom stereocenters. The first-order chi connectivity index (χ1) is 10.9. The second-order valence-corrected chi connectivity index (χ2v) is 4.92. The summed E-state index contributed by atoms with van der Waals surface area (Å²) in [6.45, 7) is 1.39. The molecule has 0 aliphatic rings. The zero-order valence-corrected chi connectivity index (χ0v) is 13.1. The smallest absolute Gasteiger partial charge is 0.255 e. The molecule has 0 aliphatic carbocycles. The van der Waals surface area contributed by atoms with Crippen LogP contribution in [0, 0.1) is 5.82 Å². The summed E-state index contributed by atoms with van der Waals surface area (Å²) in [5.74, 6) is -0.506. The highest BCUT2D eigenvalue weighted by atomic mass is 19.1. The number of carbonyl (C=O) groups excluding carboxylic acids is 2. The Morgan fingerprint density at radius 1 is 1.13 bits per heavy atom. The summed E-state index contributed by atoms with van der Waals surface area (Å²) in [7, 11) is 3.09. The third-order valence-corrected chi connectivity index (χ3v) is 3.39. The van der Waals surface area contributed by atoms with Gasteiger partial charge in [-0.2, -0.15) is 0 Å². The average Bonchev–Trinajstić information content (AvgIpc) is 2.54. The standard InChI is InChI=1S/C17H17FN2O3/c1-11(21)20(2)16-9-6-13(18)10-15(16)19-17(22)12-4-7-14(23-3)8-5-12/h4-10H,1-3H3,(H,19,22). The van der Waals surface area contributed by atoms with Gasteiger partial charge in [-0.25, -0.2) is 4.39 Å². The summed E-state index contributed by atoms with van der Waals surface area (Å²) in [4.78, 5) is 25.1. The lowest BCUT2D eigenvalue weighted by Gasteiger charge is -2.19. The van der Waals surface area contributed by atoms with E-state index < -0.39 is 11.7 Å². The minimum atomic E-state index is -0.504. The van der Waals surface area contributed by atoms with E-state index in [1.54, 1.807) is 31.3 Å². The van der Waals surface area contributed by atoms with Crippen LogP contribution in [0.1, 0.15) is 17.3 Å². The first kappa shape index (κ1) is 16.5. The monoisotopic (exact) mass is 316 g/mol. The molecule has 0 radical (unpaired) electrons. The van der Waals surface area contributed by atoms with Crippen molar-refractivity contribution in [1.29, 1.82) is 0 Å². The third kappa shape index (κ3) is 3.85. The quantitative estimate of drug-likeness (QED) is 0.943. The predicted octanol–water partition coefficient (Wildman–Crippen LogP) is 3.07. The minimum absolute atomic E-state index is 0.225. The van der Waals surface area contributed by atoms with Crippen molar-refractivity contribution in [3.8, 4) is 5.75 Å². The summed E-state index contributed by atoms with van der Waals surface area (Å²) in [5.41, 5.74) is 1.04. The zero-order chi connectivity index (χ0) is 17.0. The molecule has 0 heterocycles. The Morgan fingerprint density at radius 3 is 2.35 bits per heavy atom. The molecule has 0 aromatic heterocycles. The minimum Gasteiger partial charge on any atom is -0.497 e. The molecule has 0 fully saturated rings. The van der Waals surface area contributed by atoms with Crippen LogP contribution in [-0.2, 0) is 4.79 Å². The molecule has 0 atom stereocenters. The van der Waals surface area contributed by atoms with Crippen molar-refractivity contribution in [2.75, 3.05) is 24.4 Å². The van der Waals surface area contributed by atoms with Crippen LogP contribution >= 0.6 is 0 Å². The number of nitrogens with one attached hydrogen (secondary N) is 1. The Morgan fingerprint density at radius 2 is 1.78 bits per heavy atom. The van der Waals surface area contributed by atoms with Gasteiger partial charge < -0.3 is 15.0 Å². The van der Waals surface area contributed by atoms with Crippen molar-refractivity contribution in [3.63, 3.8) is 0 Å². The highest BCUT2D eigenvalue weighted by Gasteiger charge is 2.15. The second kappa shape index (κ2) is 6.91. The van der Waals surface area contributed by atoms with Gasteiger partial charge in [0.25, 0.3) is 5.91 Å². The van der Waals surface area contributed by atoms with Crippen LogP contribution in [0.4, 0.5) is 15.8 Å². The van der Waals surface area contributed by atoms with E-state index >= 15 is 0 Å². The van der Waals surface area contributed by atoms with E-state index in [1.165, 1.54) is 37.1 Å². The van der Waals surface area contributed by atoms with E-state index in [4.69, 9.17) is 4.74 Å². The lowest BCUT2D eigenvalue weighted by atomic mass is 10.2. The summed E-state index contributed by atoms with van der Waals surface area (Å²) in [6.07, 6.45) is 0. The van der Waals surface area contributed by atoms with Gasteiger partial charge in [-0.05, 0) is 42.5 Å². The van der Waals surface area contributed by atoms with Crippen molar-refractivity contribution in [2.45, 2.75) is 6.92 Å². The molecule has 6 heteroatoms. The lowest BCUT2D eigenvalue weighted by Crippen LogP contribution is -2.25. The molecule has 0 aliphatic heterocycles. The van der Waals surface area contributed by atoms with Crippen LogP contribution in [0.15, 0.2) is 42.5 Å². The van der Waals surface area contributed by atoms with Crippen LogP contribution in [0.2, 0.25) is 0 Å². The molecule has 0 spiro atoms. The van der Waals surface area contributed by atoms with Gasteiger partial charge in [-0.3, -0.25) is 9.59 Å². The number of ether oxygens (including phenoxy) is 1. The first-order valence-electron chi connectivity index (χ1n) is 6.91. The van der Waals surface area contributed by atoms with Gasteiger partial charge in [0.15, 0.2) is 0 Å². The molecule has 120 valence electrons. The molecule has 0 bridgehead atoms. The number of benzene rings is 2. The third-order valence-electron chi connectivity index (χ3n) is 3.39. The van der Waals surface area contributed by atoms with Gasteiger partial charge in [-0.15, -0.1) is 0 Å². The summed E-state index contributed by atoms with van der Waals surface area (Å²) >= 11 is 0. The summed E-state index contributed by atoms with van der Waals surface area (Å²) in [5, 5.41) is 2.63. The largest absolute Gasteiger partial charge is 0.497 e. The number of rotatable bonds is 4. The number of amides is 2. The number of anilines is 2. The molecule has 5 nitrogen and oxygen atoms in total. The van der Waals surface area contributed by atoms with Gasteiger partial charge in [0, 0.05) is 19.5 Å². The van der Waals surface area contributed by atoms with Crippen LogP contribution in [-0.4, -0.2) is 26.0 Å². The molecule has 0 saturated heterocycles. The second-order valence-electron chi connectivity index (χ2n) is 4.92. The van der Waals surface area contributed by atoms with E-state index in [1.807, 2.05) is 0 Å². The van der Waals surface area contributed by atoms with Crippen molar-refractivity contribution in [3.05, 3.63) is 53.8 Å². The van der Waals surface area contributed by atoms with E-state index in [-0.39, 0.29) is 11.6 Å². The Balaban J connectivity index is 2.29. The van der Waals surface area contributed by atoms with Crippen LogP contribution in [0.25, 0.3) is 0 Å². The molecular weight excluding hydrogens is 299 g/mol. The molecule has 2 aromatic carbocycles. The zero-order valence-electron chi connectivity index (χ0n) is 13.1. The Hall–Kier alpha value is -2.89. The number of hydrogen-bond donors (Lipinski definition) is 1. The Bertz CT molecular complexity index is 729. The average molecular weight is 316 g/mol. The van der Waals surface area contributed by atoms with E-state index in [2.05, 4.69) is 5.32 Å². The maximum absolute atomic E-state index is 13.5. The van der Waals surface area contributed by atoms with E-state index in [0.29, 0.717) is 17.0 Å². The maximum atomic E-state index is 13.5. The van der Waals surface area contributed by atoms with E-state index in [9.17, 15) is 14.0 Å². The molecule has 1 N–H and O–H groups in total. The highest BCUT2D eigenvalue weighted by Crippen LogP contribution is 2.27. The van der Waals surface area contributed by atoms with Gasteiger partial charge in [0.2, 0.25) is 5.91 Å². The fraction of sp³-hybridized carbons (Fsp3) is 0.176. The van der Waals surface area contributed by atoms with Gasteiger partial charge in [0.1, 0.15) is 11.6 Å². The number of carbonyl (C=O) groups is 2. The lowest BCUT2D eigenvalue weighted by molar-refractivity contribution is -0.116. The summed E-state index contributed by atoms with van der Waals surface area (Å²) in [6, 6.07) is 10.4. The number of hydrogen-bond acceptors (Lipinski definition) is 3. The van der Waals surface area contributed by atoms with Crippen molar-refractivity contribution in [1.82, 2.24) is 0 Å². The van der Waals surface area contributed by atoms with Crippen molar-refractivity contribution >= 4 is 23.2 Å². The number of halogens is 1. The fourth-order valence-corrected chi connectivity index (χ4v) is 2.01. The molecule has 23 heavy (non-hydrogen) atoms. The Kier molecular flexibility index (Phi) is 4.95. The Labute approximate surface area is 133 Å². The first-order valence-corrected chi connectivity index (χ1v) is 6.91. The van der Waals surface area contributed by atoms with Crippen molar-refractivity contribution in [2.24, 2.45) is 0 Å². The maximum Gasteiger partial charge on any atom is 0.255 e. The highest BCUT2D eigenvalue weighted by molar-refractivity contribution is 6.07.